The number of urea groups is 1. The molecule has 1 aliphatic heterocycles. The Labute approximate surface area is 176 Å². The number of benzene rings is 2. The van der Waals surface area contributed by atoms with Gasteiger partial charge in [-0.3, -0.25) is 4.79 Å². The minimum Gasteiger partial charge on any atom is -0.465 e. The third kappa shape index (κ3) is 3.81. The summed E-state index contributed by atoms with van der Waals surface area (Å²) in [6.07, 6.45) is 2.02. The van der Waals surface area contributed by atoms with Crippen molar-refractivity contribution in [2.75, 3.05) is 13.2 Å². The molecule has 2 heterocycles. The molecule has 0 bridgehead atoms. The number of rotatable bonds is 4. The fourth-order valence-corrected chi connectivity index (χ4v) is 3.99. The van der Waals surface area contributed by atoms with Gasteiger partial charge in [-0.15, -0.1) is 0 Å². The standard InChI is InChI=1S/C24H25N3O3/c1-3-30-22(28)15-25-24(29)27-16-19-9-4-5-11-20(19)26-13-7-12-21(26)23(27)18-10-6-8-17(2)14-18/h4-14,23H,3,15-16H2,1-2H3,(H,25,29)/t23-/m0/s1. The fraction of sp³-hybridized carbons (Fsp3) is 0.250. The highest BCUT2D eigenvalue weighted by molar-refractivity contribution is 5.81. The molecule has 1 N–H and O–H groups in total. The number of carbonyl (C=O) groups is 2. The van der Waals surface area contributed by atoms with Gasteiger partial charge in [0, 0.05) is 11.9 Å². The van der Waals surface area contributed by atoms with Gasteiger partial charge in [0.2, 0.25) is 0 Å². The quantitative estimate of drug-likeness (QED) is 0.671. The Balaban J connectivity index is 1.77. The second-order valence-electron chi connectivity index (χ2n) is 7.34. The molecule has 1 aromatic heterocycles. The number of ether oxygens (including phenoxy) is 1. The van der Waals surface area contributed by atoms with E-state index in [9.17, 15) is 9.59 Å². The van der Waals surface area contributed by atoms with Crippen LogP contribution in [0, 0.1) is 6.92 Å². The van der Waals surface area contributed by atoms with Crippen molar-refractivity contribution in [1.29, 1.82) is 0 Å². The van der Waals surface area contributed by atoms with E-state index in [4.69, 9.17) is 4.74 Å². The number of amides is 2. The van der Waals surface area contributed by atoms with Crippen LogP contribution in [0.2, 0.25) is 0 Å². The lowest BCUT2D eigenvalue weighted by atomic mass is 10.00. The Morgan fingerprint density at radius 2 is 1.93 bits per heavy atom. The number of carbonyl (C=O) groups excluding carboxylic acids is 2. The maximum Gasteiger partial charge on any atom is 0.325 e. The predicted molar refractivity (Wildman–Crippen MR) is 114 cm³/mol. The lowest BCUT2D eigenvalue weighted by Crippen LogP contribution is -2.44. The molecule has 1 aliphatic rings. The van der Waals surface area contributed by atoms with E-state index in [1.807, 2.05) is 61.7 Å². The van der Waals surface area contributed by atoms with Crippen molar-refractivity contribution in [3.8, 4) is 5.69 Å². The second-order valence-corrected chi connectivity index (χ2v) is 7.34. The number of esters is 1. The monoisotopic (exact) mass is 403 g/mol. The highest BCUT2D eigenvalue weighted by Gasteiger charge is 2.33. The number of fused-ring (bicyclic) bond motifs is 3. The first-order valence-corrected chi connectivity index (χ1v) is 10.1. The summed E-state index contributed by atoms with van der Waals surface area (Å²) < 4.78 is 7.10. The van der Waals surface area contributed by atoms with Gasteiger partial charge >= 0.3 is 12.0 Å². The van der Waals surface area contributed by atoms with Gasteiger partial charge in [-0.25, -0.2) is 4.79 Å². The van der Waals surface area contributed by atoms with E-state index in [-0.39, 0.29) is 25.2 Å². The van der Waals surface area contributed by atoms with Crippen LogP contribution in [0.4, 0.5) is 4.79 Å². The second kappa shape index (κ2) is 8.45. The summed E-state index contributed by atoms with van der Waals surface area (Å²) in [6.45, 7) is 4.33. The smallest absolute Gasteiger partial charge is 0.325 e. The Kier molecular flexibility index (Phi) is 5.57. The third-order valence-corrected chi connectivity index (χ3v) is 5.27. The van der Waals surface area contributed by atoms with Crippen molar-refractivity contribution in [2.45, 2.75) is 26.4 Å². The number of aryl methyl sites for hydroxylation is 1. The molecule has 0 spiro atoms. The zero-order chi connectivity index (χ0) is 21.1. The summed E-state index contributed by atoms with van der Waals surface area (Å²) in [5, 5.41) is 2.74. The summed E-state index contributed by atoms with van der Waals surface area (Å²) in [7, 11) is 0. The largest absolute Gasteiger partial charge is 0.465 e. The van der Waals surface area contributed by atoms with Gasteiger partial charge in [0.15, 0.2) is 0 Å². The normalized spacial score (nSPS) is 15.0. The highest BCUT2D eigenvalue weighted by Crippen LogP contribution is 2.36. The molecule has 6 nitrogen and oxygen atoms in total. The molecule has 0 aliphatic carbocycles. The molecule has 4 rings (SSSR count). The van der Waals surface area contributed by atoms with E-state index in [2.05, 4.69) is 22.0 Å². The Bertz CT molecular complexity index is 1070. The molecule has 30 heavy (non-hydrogen) atoms. The highest BCUT2D eigenvalue weighted by atomic mass is 16.5. The van der Waals surface area contributed by atoms with E-state index in [1.54, 1.807) is 11.8 Å². The van der Waals surface area contributed by atoms with Crippen molar-refractivity contribution in [2.24, 2.45) is 0 Å². The number of nitrogens with one attached hydrogen (secondary N) is 1. The molecular formula is C24H25N3O3. The van der Waals surface area contributed by atoms with Crippen LogP contribution in [0.5, 0.6) is 0 Å². The Morgan fingerprint density at radius 3 is 2.73 bits per heavy atom. The van der Waals surface area contributed by atoms with Crippen molar-refractivity contribution in [1.82, 2.24) is 14.8 Å². The number of hydrogen-bond acceptors (Lipinski definition) is 3. The molecule has 154 valence electrons. The van der Waals surface area contributed by atoms with Gasteiger partial charge in [0.25, 0.3) is 0 Å². The zero-order valence-corrected chi connectivity index (χ0v) is 17.2. The third-order valence-electron chi connectivity index (χ3n) is 5.27. The lowest BCUT2D eigenvalue weighted by Gasteiger charge is -2.31. The molecule has 6 heteroatoms. The summed E-state index contributed by atoms with van der Waals surface area (Å²) >= 11 is 0. The van der Waals surface area contributed by atoms with Crippen molar-refractivity contribution in [3.63, 3.8) is 0 Å². The summed E-state index contributed by atoms with van der Waals surface area (Å²) in [5.74, 6) is -0.448. The Hall–Kier alpha value is -3.54. The molecule has 0 saturated carbocycles. The van der Waals surface area contributed by atoms with Crippen LogP contribution >= 0.6 is 0 Å². The van der Waals surface area contributed by atoms with E-state index < -0.39 is 5.97 Å². The first kappa shape index (κ1) is 19.8. The van der Waals surface area contributed by atoms with Gasteiger partial charge in [-0.2, -0.15) is 0 Å². The maximum atomic E-state index is 13.3. The van der Waals surface area contributed by atoms with Crippen LogP contribution in [0.3, 0.4) is 0 Å². The van der Waals surface area contributed by atoms with Crippen LogP contribution in [-0.2, 0) is 16.1 Å². The average Bonchev–Trinajstić information content (AvgIpc) is 3.16. The molecule has 0 radical (unpaired) electrons. The minimum atomic E-state index is -0.448. The molecule has 2 aromatic carbocycles. The topological polar surface area (TPSA) is 63.6 Å². The van der Waals surface area contributed by atoms with Crippen LogP contribution in [0.25, 0.3) is 5.69 Å². The van der Waals surface area contributed by atoms with Crippen LogP contribution in [-0.4, -0.2) is 34.6 Å². The number of nitrogens with zero attached hydrogens (tertiary/aromatic N) is 2. The SMILES string of the molecule is CCOC(=O)CNC(=O)N1Cc2ccccc2-n2cccc2[C@@H]1c1cccc(C)c1. The van der Waals surface area contributed by atoms with Gasteiger partial charge in [-0.1, -0.05) is 48.0 Å². The molecule has 0 fully saturated rings. The summed E-state index contributed by atoms with van der Waals surface area (Å²) in [5.41, 5.74) is 5.23. The van der Waals surface area contributed by atoms with E-state index in [0.29, 0.717) is 6.54 Å². The first-order chi connectivity index (χ1) is 14.6. The average molecular weight is 403 g/mol. The van der Waals surface area contributed by atoms with Crippen LogP contribution in [0.15, 0.2) is 66.9 Å². The molecule has 0 unspecified atom stereocenters. The van der Waals surface area contributed by atoms with Gasteiger partial charge in [0.05, 0.1) is 24.9 Å². The molecule has 2 amide bonds. The molecular weight excluding hydrogens is 378 g/mol. The fourth-order valence-electron chi connectivity index (χ4n) is 3.99. The van der Waals surface area contributed by atoms with E-state index >= 15 is 0 Å². The van der Waals surface area contributed by atoms with Crippen molar-refractivity contribution < 1.29 is 14.3 Å². The van der Waals surface area contributed by atoms with Crippen LogP contribution < -0.4 is 5.32 Å². The van der Waals surface area contributed by atoms with Gasteiger partial charge in [-0.05, 0) is 43.2 Å². The van der Waals surface area contributed by atoms with Gasteiger partial charge < -0.3 is 19.5 Å². The predicted octanol–water partition coefficient (Wildman–Crippen LogP) is 3.96. The Morgan fingerprint density at radius 1 is 1.10 bits per heavy atom. The number of aromatic nitrogens is 1. The summed E-state index contributed by atoms with van der Waals surface area (Å²) in [4.78, 5) is 26.8. The van der Waals surface area contributed by atoms with E-state index in [1.165, 1.54) is 0 Å². The maximum absolute atomic E-state index is 13.3. The lowest BCUT2D eigenvalue weighted by molar-refractivity contribution is -0.141. The number of para-hydroxylation sites is 1. The van der Waals surface area contributed by atoms with Crippen LogP contribution in [0.1, 0.15) is 35.3 Å². The minimum absolute atomic E-state index is 0.160. The van der Waals surface area contributed by atoms with Crippen molar-refractivity contribution in [3.05, 3.63) is 89.2 Å². The van der Waals surface area contributed by atoms with E-state index in [0.717, 1.165) is 28.1 Å². The first-order valence-electron chi connectivity index (χ1n) is 10.1. The summed E-state index contributed by atoms with van der Waals surface area (Å²) in [6, 6.07) is 19.7. The molecule has 3 aromatic rings. The number of hydrogen-bond donors (Lipinski definition) is 1. The van der Waals surface area contributed by atoms with Gasteiger partial charge in [0.1, 0.15) is 6.54 Å². The van der Waals surface area contributed by atoms with Crippen molar-refractivity contribution >= 4 is 12.0 Å². The zero-order valence-electron chi connectivity index (χ0n) is 17.2. The molecule has 1 atom stereocenters. The molecule has 0 saturated heterocycles.